The minimum Gasteiger partial charge on any atom is -0.363 e. The van der Waals surface area contributed by atoms with Crippen molar-refractivity contribution in [2.75, 3.05) is 20.1 Å². The minimum atomic E-state index is -3.37. The maximum atomic E-state index is 12.4. The lowest BCUT2D eigenvalue weighted by Crippen LogP contribution is -2.30. The highest BCUT2D eigenvalue weighted by Crippen LogP contribution is 2.17. The average molecular weight is 287 g/mol. The summed E-state index contributed by atoms with van der Waals surface area (Å²) in [7, 11) is -1.74. The van der Waals surface area contributed by atoms with Crippen LogP contribution in [-0.2, 0) is 16.6 Å². The summed E-state index contributed by atoms with van der Waals surface area (Å²) in [6.45, 7) is 8.19. The standard InChI is InChI=1S/C13H25N3O2S/c1-5-11(3)10-16(4)19(17,18)13-7-12(15-9-13)8-14-6-2/h7,9,11,14-15H,5-6,8,10H2,1-4H3. The van der Waals surface area contributed by atoms with Crippen molar-refractivity contribution in [1.82, 2.24) is 14.6 Å². The summed E-state index contributed by atoms with van der Waals surface area (Å²) in [5.74, 6) is 0.361. The van der Waals surface area contributed by atoms with Crippen LogP contribution in [0.5, 0.6) is 0 Å². The zero-order valence-corrected chi connectivity index (χ0v) is 13.0. The number of aromatic amines is 1. The summed E-state index contributed by atoms with van der Waals surface area (Å²) >= 11 is 0. The molecule has 0 aliphatic rings. The second-order valence-corrected chi connectivity index (χ2v) is 6.98. The van der Waals surface area contributed by atoms with Crippen molar-refractivity contribution >= 4 is 10.0 Å². The molecule has 1 rings (SSSR count). The van der Waals surface area contributed by atoms with E-state index in [2.05, 4.69) is 24.1 Å². The molecule has 0 radical (unpaired) electrons. The SMILES string of the molecule is CCNCc1cc(S(=O)(=O)N(C)CC(C)CC)c[nH]1. The predicted molar refractivity (Wildman–Crippen MR) is 77.4 cm³/mol. The predicted octanol–water partition coefficient (Wildman–Crippen LogP) is 1.79. The summed E-state index contributed by atoms with van der Waals surface area (Å²) in [5.41, 5.74) is 0.886. The molecule has 0 saturated heterocycles. The molecular formula is C13H25N3O2S. The van der Waals surface area contributed by atoms with Gasteiger partial charge in [-0.05, 0) is 18.5 Å². The van der Waals surface area contributed by atoms with Gasteiger partial charge in [0, 0.05) is 32.0 Å². The normalized spacial score (nSPS) is 13.9. The summed E-state index contributed by atoms with van der Waals surface area (Å²) in [4.78, 5) is 3.34. The highest BCUT2D eigenvalue weighted by molar-refractivity contribution is 7.89. The Hall–Kier alpha value is -0.850. The van der Waals surface area contributed by atoms with Crippen molar-refractivity contribution in [3.05, 3.63) is 18.0 Å². The molecule has 1 aromatic rings. The zero-order valence-electron chi connectivity index (χ0n) is 12.2. The van der Waals surface area contributed by atoms with Gasteiger partial charge in [0.1, 0.15) is 0 Å². The van der Waals surface area contributed by atoms with E-state index in [1.807, 2.05) is 6.92 Å². The molecule has 110 valence electrons. The van der Waals surface area contributed by atoms with E-state index < -0.39 is 10.0 Å². The molecule has 1 unspecified atom stereocenters. The van der Waals surface area contributed by atoms with Crippen molar-refractivity contribution in [3.8, 4) is 0 Å². The molecule has 0 saturated carbocycles. The number of aromatic nitrogens is 1. The van der Waals surface area contributed by atoms with Crippen LogP contribution in [-0.4, -0.2) is 37.8 Å². The van der Waals surface area contributed by atoms with E-state index in [1.165, 1.54) is 4.31 Å². The molecule has 0 bridgehead atoms. The molecule has 0 amide bonds. The Morgan fingerprint density at radius 3 is 2.68 bits per heavy atom. The van der Waals surface area contributed by atoms with Crippen LogP contribution in [0.25, 0.3) is 0 Å². The summed E-state index contributed by atoms with van der Waals surface area (Å²) in [6, 6.07) is 1.70. The summed E-state index contributed by atoms with van der Waals surface area (Å²) < 4.78 is 26.1. The average Bonchev–Trinajstić information content (AvgIpc) is 2.85. The second kappa shape index (κ2) is 7.07. The third-order valence-corrected chi connectivity index (χ3v) is 5.06. The van der Waals surface area contributed by atoms with Gasteiger partial charge < -0.3 is 10.3 Å². The number of H-pyrrole nitrogens is 1. The molecule has 0 fully saturated rings. The number of hydrogen-bond acceptors (Lipinski definition) is 3. The Labute approximate surface area is 116 Å². The van der Waals surface area contributed by atoms with Crippen LogP contribution in [0.2, 0.25) is 0 Å². The molecule has 0 aromatic carbocycles. The van der Waals surface area contributed by atoms with Crippen LogP contribution >= 0.6 is 0 Å². The van der Waals surface area contributed by atoms with Crippen LogP contribution in [0.15, 0.2) is 17.2 Å². The molecule has 0 spiro atoms. The fourth-order valence-corrected chi connectivity index (χ4v) is 3.09. The largest absolute Gasteiger partial charge is 0.363 e. The van der Waals surface area contributed by atoms with Gasteiger partial charge in [-0.2, -0.15) is 0 Å². The van der Waals surface area contributed by atoms with Gasteiger partial charge in [-0.25, -0.2) is 12.7 Å². The van der Waals surface area contributed by atoms with Crippen LogP contribution in [0, 0.1) is 5.92 Å². The van der Waals surface area contributed by atoms with E-state index in [0.717, 1.165) is 18.7 Å². The molecule has 19 heavy (non-hydrogen) atoms. The Morgan fingerprint density at radius 2 is 2.11 bits per heavy atom. The van der Waals surface area contributed by atoms with Crippen LogP contribution in [0.4, 0.5) is 0 Å². The van der Waals surface area contributed by atoms with Crippen LogP contribution in [0.3, 0.4) is 0 Å². The quantitative estimate of drug-likeness (QED) is 0.766. The van der Waals surface area contributed by atoms with E-state index in [1.54, 1.807) is 19.3 Å². The lowest BCUT2D eigenvalue weighted by molar-refractivity contribution is 0.393. The van der Waals surface area contributed by atoms with Crippen molar-refractivity contribution in [2.24, 2.45) is 5.92 Å². The van der Waals surface area contributed by atoms with E-state index in [4.69, 9.17) is 0 Å². The number of sulfonamides is 1. The second-order valence-electron chi connectivity index (χ2n) is 4.94. The molecule has 1 heterocycles. The third-order valence-electron chi connectivity index (χ3n) is 3.26. The van der Waals surface area contributed by atoms with Crippen LogP contribution < -0.4 is 5.32 Å². The van der Waals surface area contributed by atoms with Gasteiger partial charge in [0.25, 0.3) is 0 Å². The molecule has 0 aliphatic carbocycles. The number of nitrogens with zero attached hydrogens (tertiary/aromatic N) is 1. The molecule has 6 heteroatoms. The first-order valence-corrected chi connectivity index (χ1v) is 8.20. The van der Waals surface area contributed by atoms with Gasteiger partial charge >= 0.3 is 0 Å². The van der Waals surface area contributed by atoms with Gasteiger partial charge in [-0.3, -0.25) is 0 Å². The topological polar surface area (TPSA) is 65.2 Å². The Balaban J connectivity index is 2.79. The molecule has 0 aliphatic heterocycles. The zero-order chi connectivity index (χ0) is 14.5. The van der Waals surface area contributed by atoms with E-state index in [9.17, 15) is 8.42 Å². The van der Waals surface area contributed by atoms with Crippen LogP contribution in [0.1, 0.15) is 32.9 Å². The molecule has 1 aromatic heterocycles. The molecule has 2 N–H and O–H groups in total. The van der Waals surface area contributed by atoms with Gasteiger partial charge in [-0.15, -0.1) is 0 Å². The summed E-state index contributed by atoms with van der Waals surface area (Å²) in [5, 5.41) is 3.16. The number of nitrogens with one attached hydrogen (secondary N) is 2. The van der Waals surface area contributed by atoms with Crippen molar-refractivity contribution in [1.29, 1.82) is 0 Å². The first kappa shape index (κ1) is 16.2. The maximum Gasteiger partial charge on any atom is 0.244 e. The number of hydrogen-bond donors (Lipinski definition) is 2. The Morgan fingerprint density at radius 1 is 1.42 bits per heavy atom. The first-order valence-electron chi connectivity index (χ1n) is 6.76. The fourth-order valence-electron chi connectivity index (χ4n) is 1.78. The minimum absolute atomic E-state index is 0.339. The first-order chi connectivity index (χ1) is 8.91. The smallest absolute Gasteiger partial charge is 0.244 e. The fraction of sp³-hybridized carbons (Fsp3) is 0.692. The maximum absolute atomic E-state index is 12.4. The lowest BCUT2D eigenvalue weighted by Gasteiger charge is -2.19. The monoisotopic (exact) mass is 287 g/mol. The Bertz CT molecular complexity index is 482. The molecule has 5 nitrogen and oxygen atoms in total. The summed E-state index contributed by atoms with van der Waals surface area (Å²) in [6.07, 6.45) is 2.54. The van der Waals surface area contributed by atoms with Crippen molar-refractivity contribution in [3.63, 3.8) is 0 Å². The van der Waals surface area contributed by atoms with Gasteiger partial charge in [0.05, 0.1) is 4.90 Å². The van der Waals surface area contributed by atoms with Gasteiger partial charge in [-0.1, -0.05) is 27.2 Å². The van der Waals surface area contributed by atoms with E-state index in [0.29, 0.717) is 23.9 Å². The van der Waals surface area contributed by atoms with Gasteiger partial charge in [0.2, 0.25) is 10.0 Å². The number of rotatable bonds is 8. The lowest BCUT2D eigenvalue weighted by atomic mass is 10.1. The highest BCUT2D eigenvalue weighted by atomic mass is 32.2. The van der Waals surface area contributed by atoms with E-state index in [-0.39, 0.29) is 0 Å². The van der Waals surface area contributed by atoms with E-state index >= 15 is 0 Å². The van der Waals surface area contributed by atoms with Crippen molar-refractivity contribution < 1.29 is 8.42 Å². The Kier molecular flexibility index (Phi) is 6.03. The van der Waals surface area contributed by atoms with Gasteiger partial charge in [0.15, 0.2) is 0 Å². The molecule has 1 atom stereocenters. The molecular weight excluding hydrogens is 262 g/mol. The highest BCUT2D eigenvalue weighted by Gasteiger charge is 2.23. The third kappa shape index (κ3) is 4.33. The van der Waals surface area contributed by atoms with Crippen molar-refractivity contribution in [2.45, 2.75) is 38.6 Å².